The van der Waals surface area contributed by atoms with Crippen molar-refractivity contribution in [2.24, 2.45) is 0 Å². The van der Waals surface area contributed by atoms with E-state index in [0.29, 0.717) is 12.2 Å². The van der Waals surface area contributed by atoms with Crippen molar-refractivity contribution < 1.29 is 17.9 Å². The number of anilines is 1. The average Bonchev–Trinajstić information content (AvgIpc) is 2.41. The number of benzene rings is 1. The Kier molecular flexibility index (Phi) is 6.01. The fourth-order valence-electron chi connectivity index (χ4n) is 1.97. The van der Waals surface area contributed by atoms with E-state index in [1.807, 2.05) is 25.1 Å². The molecule has 0 fully saturated rings. The zero-order valence-electron chi connectivity index (χ0n) is 12.1. The van der Waals surface area contributed by atoms with Gasteiger partial charge < -0.3 is 4.74 Å². The molecule has 0 saturated carbocycles. The van der Waals surface area contributed by atoms with Crippen LogP contribution < -0.4 is 4.31 Å². The van der Waals surface area contributed by atoms with E-state index in [1.54, 1.807) is 13.0 Å². The van der Waals surface area contributed by atoms with Gasteiger partial charge in [-0.1, -0.05) is 18.2 Å². The van der Waals surface area contributed by atoms with Gasteiger partial charge in [-0.05, 0) is 31.9 Å². The molecule has 0 unspecified atom stereocenters. The van der Waals surface area contributed by atoms with Crippen LogP contribution in [-0.2, 0) is 19.6 Å². The van der Waals surface area contributed by atoms with Gasteiger partial charge in [-0.2, -0.15) is 0 Å². The zero-order valence-corrected chi connectivity index (χ0v) is 12.9. The van der Waals surface area contributed by atoms with Gasteiger partial charge in [-0.25, -0.2) is 8.42 Å². The second-order valence-electron chi connectivity index (χ2n) is 4.45. The van der Waals surface area contributed by atoms with Gasteiger partial charge in [-0.15, -0.1) is 0 Å². The number of carbonyl (C=O) groups excluding carboxylic acids is 1. The Morgan fingerprint density at radius 1 is 1.30 bits per heavy atom. The highest BCUT2D eigenvalue weighted by Crippen LogP contribution is 2.22. The quantitative estimate of drug-likeness (QED) is 0.723. The van der Waals surface area contributed by atoms with Gasteiger partial charge in [0.2, 0.25) is 10.0 Å². The molecule has 0 aliphatic heterocycles. The van der Waals surface area contributed by atoms with E-state index in [4.69, 9.17) is 0 Å². The first-order valence-corrected chi connectivity index (χ1v) is 8.16. The molecular weight excluding hydrogens is 278 g/mol. The largest absolute Gasteiger partial charge is 0.469 e. The molecule has 0 saturated heterocycles. The van der Waals surface area contributed by atoms with Crippen LogP contribution in [0.3, 0.4) is 0 Å². The minimum atomic E-state index is -3.43. The monoisotopic (exact) mass is 299 g/mol. The third-order valence-corrected chi connectivity index (χ3v) is 4.95. The third-order valence-electron chi connectivity index (χ3n) is 3.02. The van der Waals surface area contributed by atoms with Gasteiger partial charge in [0, 0.05) is 13.0 Å². The third kappa shape index (κ3) is 4.23. The van der Waals surface area contributed by atoms with Crippen molar-refractivity contribution in [1.29, 1.82) is 0 Å². The van der Waals surface area contributed by atoms with Crippen LogP contribution in [0.1, 0.15) is 25.3 Å². The van der Waals surface area contributed by atoms with E-state index in [9.17, 15) is 13.2 Å². The van der Waals surface area contributed by atoms with Crippen molar-refractivity contribution in [1.82, 2.24) is 0 Å². The molecule has 1 aromatic rings. The number of aryl methyl sites for hydroxylation is 1. The Bertz CT molecular complexity index is 554. The van der Waals surface area contributed by atoms with Crippen LogP contribution in [-0.4, -0.2) is 33.8 Å². The summed E-state index contributed by atoms with van der Waals surface area (Å²) < 4.78 is 30.6. The molecule has 0 radical (unpaired) electrons. The number of hydrogen-bond donors (Lipinski definition) is 0. The Labute approximate surface area is 120 Å². The topological polar surface area (TPSA) is 63.7 Å². The Morgan fingerprint density at radius 3 is 2.50 bits per heavy atom. The van der Waals surface area contributed by atoms with Crippen LogP contribution in [0.2, 0.25) is 0 Å². The summed E-state index contributed by atoms with van der Waals surface area (Å²) in [7, 11) is -2.13. The van der Waals surface area contributed by atoms with Crippen molar-refractivity contribution in [2.75, 3.05) is 23.7 Å². The van der Waals surface area contributed by atoms with Crippen molar-refractivity contribution in [2.45, 2.75) is 26.7 Å². The van der Waals surface area contributed by atoms with Gasteiger partial charge in [-0.3, -0.25) is 9.10 Å². The van der Waals surface area contributed by atoms with E-state index in [2.05, 4.69) is 4.74 Å². The lowest BCUT2D eigenvalue weighted by atomic mass is 10.2. The van der Waals surface area contributed by atoms with Crippen LogP contribution in [0.25, 0.3) is 0 Å². The number of carbonyl (C=O) groups is 1. The van der Waals surface area contributed by atoms with Crippen molar-refractivity contribution in [3.05, 3.63) is 29.8 Å². The van der Waals surface area contributed by atoms with Crippen LogP contribution in [0.15, 0.2) is 24.3 Å². The highest BCUT2D eigenvalue weighted by molar-refractivity contribution is 7.92. The second-order valence-corrected chi connectivity index (χ2v) is 6.46. The van der Waals surface area contributed by atoms with Crippen molar-refractivity contribution in [3.8, 4) is 0 Å². The normalized spacial score (nSPS) is 11.2. The highest BCUT2D eigenvalue weighted by atomic mass is 32.2. The van der Waals surface area contributed by atoms with E-state index in [-0.39, 0.29) is 24.6 Å². The molecule has 0 bridgehead atoms. The summed E-state index contributed by atoms with van der Waals surface area (Å²) in [4.78, 5) is 11.0. The first kappa shape index (κ1) is 16.5. The summed E-state index contributed by atoms with van der Waals surface area (Å²) in [5, 5.41) is 0. The lowest BCUT2D eigenvalue weighted by Gasteiger charge is -2.24. The van der Waals surface area contributed by atoms with Gasteiger partial charge in [0.25, 0.3) is 0 Å². The number of rotatable bonds is 7. The number of methoxy groups -OCH3 is 1. The molecule has 0 amide bonds. The molecule has 20 heavy (non-hydrogen) atoms. The molecule has 0 aliphatic rings. The summed E-state index contributed by atoms with van der Waals surface area (Å²) in [6.45, 7) is 4.04. The average molecular weight is 299 g/mol. The minimum absolute atomic E-state index is 0.0652. The molecule has 5 nitrogen and oxygen atoms in total. The standard InChI is InChI=1S/C14H21NO4S/c1-4-15(13-9-6-5-8-12(13)2)20(17,18)11-7-10-14(16)19-3/h5-6,8-9H,4,7,10-11H2,1-3H3. The summed E-state index contributed by atoms with van der Waals surface area (Å²) in [5.41, 5.74) is 1.60. The fourth-order valence-corrected chi connectivity index (χ4v) is 3.60. The van der Waals surface area contributed by atoms with Crippen LogP contribution in [0.5, 0.6) is 0 Å². The van der Waals surface area contributed by atoms with Crippen LogP contribution >= 0.6 is 0 Å². The lowest BCUT2D eigenvalue weighted by molar-refractivity contribution is -0.140. The number of sulfonamides is 1. The van der Waals surface area contributed by atoms with Crippen molar-refractivity contribution >= 4 is 21.7 Å². The fraction of sp³-hybridized carbons (Fsp3) is 0.500. The number of ether oxygens (including phenoxy) is 1. The molecule has 0 N–H and O–H groups in total. The predicted molar refractivity (Wildman–Crippen MR) is 79.2 cm³/mol. The van der Waals surface area contributed by atoms with Gasteiger partial charge in [0.15, 0.2) is 0 Å². The minimum Gasteiger partial charge on any atom is -0.469 e. The molecule has 0 heterocycles. The smallest absolute Gasteiger partial charge is 0.305 e. The molecule has 6 heteroatoms. The number of esters is 1. The summed E-state index contributed by atoms with van der Waals surface area (Å²) in [6, 6.07) is 7.35. The molecule has 1 rings (SSSR count). The second kappa shape index (κ2) is 7.28. The Morgan fingerprint density at radius 2 is 1.95 bits per heavy atom. The highest BCUT2D eigenvalue weighted by Gasteiger charge is 2.22. The molecular formula is C14H21NO4S. The molecule has 0 atom stereocenters. The maximum atomic E-state index is 12.4. The Hall–Kier alpha value is -1.56. The van der Waals surface area contributed by atoms with Crippen LogP contribution in [0, 0.1) is 6.92 Å². The molecule has 0 aliphatic carbocycles. The SMILES string of the molecule is CCN(c1ccccc1C)S(=O)(=O)CCCC(=O)OC. The number of nitrogens with zero attached hydrogens (tertiary/aromatic N) is 1. The molecule has 0 spiro atoms. The van der Waals surface area contributed by atoms with Crippen molar-refractivity contribution in [3.63, 3.8) is 0 Å². The maximum absolute atomic E-state index is 12.4. The molecule has 0 aromatic heterocycles. The summed E-state index contributed by atoms with van der Waals surface area (Å²) >= 11 is 0. The summed E-state index contributed by atoms with van der Waals surface area (Å²) in [6.07, 6.45) is 0.373. The van der Waals surface area contributed by atoms with E-state index in [1.165, 1.54) is 11.4 Å². The molecule has 112 valence electrons. The number of para-hydroxylation sites is 1. The van der Waals surface area contributed by atoms with Gasteiger partial charge >= 0.3 is 5.97 Å². The maximum Gasteiger partial charge on any atom is 0.305 e. The van der Waals surface area contributed by atoms with Gasteiger partial charge in [0.1, 0.15) is 0 Å². The van der Waals surface area contributed by atoms with E-state index in [0.717, 1.165) is 5.56 Å². The van der Waals surface area contributed by atoms with Gasteiger partial charge in [0.05, 0.1) is 18.6 Å². The Balaban J connectivity index is 2.83. The lowest BCUT2D eigenvalue weighted by Crippen LogP contribution is -2.33. The zero-order chi connectivity index (χ0) is 15.2. The van der Waals surface area contributed by atoms with E-state index >= 15 is 0 Å². The predicted octanol–water partition coefficient (Wildman–Crippen LogP) is 2.10. The molecule has 1 aromatic carbocycles. The van der Waals surface area contributed by atoms with E-state index < -0.39 is 10.0 Å². The first-order chi connectivity index (χ1) is 9.42. The first-order valence-electron chi connectivity index (χ1n) is 6.55. The number of hydrogen-bond acceptors (Lipinski definition) is 4. The summed E-state index contributed by atoms with van der Waals surface area (Å²) in [5.74, 6) is -0.455. The van der Waals surface area contributed by atoms with Crippen LogP contribution in [0.4, 0.5) is 5.69 Å².